The highest BCUT2D eigenvalue weighted by Gasteiger charge is 2.52. The number of methoxy groups -OCH3 is 1. The van der Waals surface area contributed by atoms with Gasteiger partial charge in [0.05, 0.1) is 31.3 Å². The van der Waals surface area contributed by atoms with Crippen LogP contribution in [0.2, 0.25) is 0 Å². The third-order valence-corrected chi connectivity index (χ3v) is 10.0. The van der Waals surface area contributed by atoms with E-state index < -0.39 is 45.8 Å². The number of nitrogens with two attached hydrogens (primary N) is 4. The van der Waals surface area contributed by atoms with Crippen molar-refractivity contribution in [1.82, 2.24) is 39.5 Å². The van der Waals surface area contributed by atoms with Crippen LogP contribution in [0.3, 0.4) is 0 Å². The Morgan fingerprint density at radius 2 is 1.24 bits per heavy atom. The van der Waals surface area contributed by atoms with Crippen molar-refractivity contribution in [2.45, 2.75) is 37.8 Å². The minimum Gasteiger partial charge on any atom is -0.481 e. The quantitative estimate of drug-likeness (QED) is 0.100. The molecule has 4 amide bonds. The second kappa shape index (κ2) is 14.5. The van der Waals surface area contributed by atoms with Crippen LogP contribution in [0.15, 0.2) is 65.5 Å². The van der Waals surface area contributed by atoms with Crippen molar-refractivity contribution in [3.8, 4) is 28.9 Å². The normalized spacial score (nSPS) is 17.6. The maximum absolute atomic E-state index is 14.0. The molecule has 2 aliphatic rings. The number of fused-ring (bicyclic) bond motifs is 2. The summed E-state index contributed by atoms with van der Waals surface area (Å²) in [4.78, 5) is 77.4. The van der Waals surface area contributed by atoms with E-state index in [0.717, 1.165) is 0 Å². The van der Waals surface area contributed by atoms with Gasteiger partial charge in [-0.2, -0.15) is 5.10 Å². The summed E-state index contributed by atoms with van der Waals surface area (Å²) < 4.78 is 35.8. The van der Waals surface area contributed by atoms with Crippen LogP contribution >= 0.6 is 0 Å². The topological polar surface area (TPSA) is 313 Å². The average Bonchev–Trinajstić information content (AvgIpc) is 3.92. The summed E-state index contributed by atoms with van der Waals surface area (Å²) in [7, 11) is 1.45. The van der Waals surface area contributed by atoms with Gasteiger partial charge in [-0.05, 0) is 26.0 Å². The molecule has 0 fully saturated rings. The molecule has 59 heavy (non-hydrogen) atoms. The highest BCUT2D eigenvalue weighted by atomic mass is 19.1. The van der Waals surface area contributed by atoms with E-state index >= 15 is 0 Å². The van der Waals surface area contributed by atoms with Crippen molar-refractivity contribution in [1.29, 1.82) is 0 Å². The average molecular weight is 809 g/mol. The van der Waals surface area contributed by atoms with Gasteiger partial charge in [-0.3, -0.25) is 29.1 Å². The Hall–Kier alpha value is -8.04. The predicted octanol–water partition coefficient (Wildman–Crippen LogP) is 0.912. The second-order valence-electron chi connectivity index (χ2n) is 13.7. The van der Waals surface area contributed by atoms with Crippen LogP contribution in [0.5, 0.6) is 5.88 Å². The van der Waals surface area contributed by atoms with Gasteiger partial charge in [-0.1, -0.05) is 36.4 Å². The zero-order valence-corrected chi connectivity index (χ0v) is 31.3. The summed E-state index contributed by atoms with van der Waals surface area (Å²) in [5, 5.41) is 12.2. The van der Waals surface area contributed by atoms with Crippen LogP contribution in [-0.2, 0) is 43.1 Å². The molecule has 2 unspecified atom stereocenters. The molecule has 0 saturated heterocycles. The number of anilines is 4. The Labute approximate surface area is 331 Å². The van der Waals surface area contributed by atoms with E-state index in [1.54, 1.807) is 42.5 Å². The van der Waals surface area contributed by atoms with Crippen molar-refractivity contribution in [3.05, 3.63) is 105 Å². The van der Waals surface area contributed by atoms with Crippen LogP contribution in [0.4, 0.5) is 32.1 Å². The fraction of sp³-hybridized carbons (Fsp3) is 0.189. The number of aromatic amines is 1. The first-order chi connectivity index (χ1) is 28.0. The first kappa shape index (κ1) is 39.2. The molecular formula is C37H34F2N14O6. The van der Waals surface area contributed by atoms with Gasteiger partial charge in [0.1, 0.15) is 46.3 Å². The molecule has 11 N–H and O–H groups in total. The molecule has 0 saturated carbocycles. The summed E-state index contributed by atoms with van der Waals surface area (Å²) in [5.74, 6) is -3.44. The summed E-state index contributed by atoms with van der Waals surface area (Å²) in [6, 6.07) is 15.2. The third kappa shape index (κ3) is 6.60. The van der Waals surface area contributed by atoms with Gasteiger partial charge in [0.25, 0.3) is 5.56 Å². The van der Waals surface area contributed by atoms with E-state index in [1.165, 1.54) is 48.5 Å². The molecule has 4 aromatic heterocycles. The maximum Gasteiger partial charge on any atom is 0.267 e. The summed E-state index contributed by atoms with van der Waals surface area (Å²) in [5.41, 5.74) is 20.5. The van der Waals surface area contributed by atoms with Crippen LogP contribution in [0, 0.1) is 11.6 Å². The van der Waals surface area contributed by atoms with Gasteiger partial charge < -0.3 is 38.3 Å². The lowest BCUT2D eigenvalue weighted by Gasteiger charge is -2.18. The molecule has 0 bridgehead atoms. The van der Waals surface area contributed by atoms with E-state index in [2.05, 4.69) is 40.8 Å². The Morgan fingerprint density at radius 3 is 1.75 bits per heavy atom. The molecule has 20 nitrogen and oxygen atoms in total. The van der Waals surface area contributed by atoms with Crippen molar-refractivity contribution < 1.29 is 32.7 Å². The summed E-state index contributed by atoms with van der Waals surface area (Å²) in [6.45, 7) is 2.79. The molecule has 2 aliphatic heterocycles. The fourth-order valence-electron chi connectivity index (χ4n) is 6.56. The lowest BCUT2D eigenvalue weighted by molar-refractivity contribution is -0.133. The number of carbonyl (C=O) groups excluding carboxylic acids is 4. The molecule has 2 atom stereocenters. The molecule has 2 aromatic carbocycles. The van der Waals surface area contributed by atoms with Gasteiger partial charge in [-0.25, -0.2) is 38.1 Å². The van der Waals surface area contributed by atoms with Gasteiger partial charge in [0.2, 0.25) is 29.5 Å². The molecule has 302 valence electrons. The Balaban J connectivity index is 0.000000179. The number of aromatic nitrogens is 8. The van der Waals surface area contributed by atoms with E-state index in [9.17, 15) is 32.8 Å². The van der Waals surface area contributed by atoms with Gasteiger partial charge in [0, 0.05) is 23.3 Å². The van der Waals surface area contributed by atoms with Crippen molar-refractivity contribution >= 4 is 46.9 Å². The Morgan fingerprint density at radius 1 is 0.746 bits per heavy atom. The lowest BCUT2D eigenvalue weighted by Crippen LogP contribution is -2.44. The first-order valence-electron chi connectivity index (χ1n) is 17.4. The van der Waals surface area contributed by atoms with Crippen LogP contribution in [0.25, 0.3) is 23.0 Å². The number of primary amides is 2. The number of benzene rings is 2. The number of hydrogen-bond donors (Lipinski definition) is 7. The Bertz CT molecular complexity index is 2800. The number of nitrogens with zero attached hydrogens (tertiary/aromatic N) is 7. The maximum atomic E-state index is 14.0. The standard InChI is InChI=1S/C19H18FN7O3.C18H16FN7O3/c1-19(17(22)28)13-14(21)23-15(24-16(13)25-18(19)29)11-7-12(30-2)27(26-11)8-9-5-3-4-6-10(9)20;1-18(16(21)28)12-13(20)22-14(23-15(12)24-17(18)29)10-6-11(27)26(25-10)7-8-4-2-3-5-9(8)19/h3-7H,8H2,1-2H3,(H2,22,28)(H3,21,23,24,25,29);2-6,25H,7H2,1H3,(H2,21,28)(H3,20,22,23,24,29). The fourth-order valence-corrected chi connectivity index (χ4v) is 6.56. The summed E-state index contributed by atoms with van der Waals surface area (Å²) in [6.07, 6.45) is 0. The zero-order chi connectivity index (χ0) is 42.6. The molecule has 22 heteroatoms. The first-order valence-corrected chi connectivity index (χ1v) is 17.4. The molecule has 0 spiro atoms. The van der Waals surface area contributed by atoms with Gasteiger partial charge in [0.15, 0.2) is 22.5 Å². The molecule has 6 heterocycles. The number of rotatable bonds is 9. The molecular weight excluding hydrogens is 774 g/mol. The van der Waals surface area contributed by atoms with Crippen LogP contribution in [0.1, 0.15) is 36.1 Å². The monoisotopic (exact) mass is 808 g/mol. The minimum atomic E-state index is -1.69. The van der Waals surface area contributed by atoms with E-state index in [1.807, 2.05) is 0 Å². The van der Waals surface area contributed by atoms with Crippen LogP contribution < -0.4 is 43.9 Å². The smallest absolute Gasteiger partial charge is 0.267 e. The van der Waals surface area contributed by atoms with E-state index in [-0.39, 0.29) is 70.6 Å². The van der Waals surface area contributed by atoms with Gasteiger partial charge in [-0.15, -0.1) is 0 Å². The van der Waals surface area contributed by atoms with Crippen molar-refractivity contribution in [2.75, 3.05) is 29.2 Å². The van der Waals surface area contributed by atoms with Crippen molar-refractivity contribution in [2.24, 2.45) is 11.5 Å². The number of nitrogens with one attached hydrogen (secondary N) is 3. The highest BCUT2D eigenvalue weighted by Crippen LogP contribution is 2.42. The lowest BCUT2D eigenvalue weighted by atomic mass is 9.84. The van der Waals surface area contributed by atoms with Gasteiger partial charge >= 0.3 is 0 Å². The number of ether oxygens (including phenoxy) is 1. The number of nitrogen functional groups attached to an aromatic ring is 2. The molecule has 8 rings (SSSR count). The van der Waals surface area contributed by atoms with E-state index in [0.29, 0.717) is 22.7 Å². The molecule has 0 radical (unpaired) electrons. The third-order valence-electron chi connectivity index (χ3n) is 10.0. The number of amides is 4. The summed E-state index contributed by atoms with van der Waals surface area (Å²) >= 11 is 0. The van der Waals surface area contributed by atoms with Crippen LogP contribution in [-0.4, -0.2) is 70.2 Å². The number of carbonyl (C=O) groups is 4. The highest BCUT2D eigenvalue weighted by molar-refractivity contribution is 6.21. The number of halogens is 2. The molecule has 6 aromatic rings. The molecule has 0 aliphatic carbocycles. The van der Waals surface area contributed by atoms with Crippen molar-refractivity contribution in [3.63, 3.8) is 0 Å². The number of H-pyrrole nitrogens is 1. The van der Waals surface area contributed by atoms with E-state index in [4.69, 9.17) is 27.7 Å². The second-order valence-corrected chi connectivity index (χ2v) is 13.7. The predicted molar refractivity (Wildman–Crippen MR) is 206 cm³/mol. The zero-order valence-electron chi connectivity index (χ0n) is 31.3. The Kier molecular flexibility index (Phi) is 9.62. The minimum absolute atomic E-state index is 0.0254. The SMILES string of the molecule is CC1(C(N)=O)C(=O)Nc2nc(-c3cc(=O)n(Cc4ccccc4F)[nH]3)nc(N)c21.COc1cc(-c2nc(N)c3c(n2)NC(=O)C3(C)C(N)=O)nn1Cc1ccccc1F. The number of hydrogen-bond acceptors (Lipinski definition) is 13. The largest absolute Gasteiger partial charge is 0.481 e.